The third kappa shape index (κ3) is 5.94. The summed E-state index contributed by atoms with van der Waals surface area (Å²) in [6, 6.07) is 16.5. The van der Waals surface area contributed by atoms with E-state index in [4.69, 9.17) is 21.7 Å². The SMILES string of the molecule is CCOc1ccc(NC(=S)N(Cc2cccc(C)c2)CC2CCCO2)cc1. The van der Waals surface area contributed by atoms with E-state index in [0.717, 1.165) is 49.1 Å². The van der Waals surface area contributed by atoms with Gasteiger partial charge in [-0.15, -0.1) is 0 Å². The molecule has 0 amide bonds. The summed E-state index contributed by atoms with van der Waals surface area (Å²) in [6.07, 6.45) is 2.47. The van der Waals surface area contributed by atoms with Crippen LogP contribution in [0.3, 0.4) is 0 Å². The van der Waals surface area contributed by atoms with Crippen molar-refractivity contribution in [1.82, 2.24) is 4.90 Å². The third-order valence-corrected chi connectivity index (χ3v) is 4.97. The van der Waals surface area contributed by atoms with Crippen molar-refractivity contribution in [3.05, 3.63) is 59.7 Å². The molecule has 1 heterocycles. The molecule has 1 fully saturated rings. The number of aryl methyl sites for hydroxylation is 1. The Morgan fingerprint density at radius 2 is 2.07 bits per heavy atom. The average Bonchev–Trinajstić information content (AvgIpc) is 3.16. The van der Waals surface area contributed by atoms with Gasteiger partial charge in [-0.3, -0.25) is 0 Å². The van der Waals surface area contributed by atoms with Gasteiger partial charge in [0.15, 0.2) is 5.11 Å². The molecule has 1 unspecified atom stereocenters. The fourth-order valence-electron chi connectivity index (χ4n) is 3.29. The summed E-state index contributed by atoms with van der Waals surface area (Å²) in [5.74, 6) is 0.866. The first kappa shape index (κ1) is 19.6. The first-order chi connectivity index (χ1) is 13.1. The Balaban J connectivity index is 1.69. The van der Waals surface area contributed by atoms with Gasteiger partial charge in [0.05, 0.1) is 12.7 Å². The highest BCUT2D eigenvalue weighted by molar-refractivity contribution is 7.80. The van der Waals surface area contributed by atoms with E-state index in [2.05, 4.69) is 41.4 Å². The monoisotopic (exact) mass is 384 g/mol. The number of anilines is 1. The molecular weight excluding hydrogens is 356 g/mol. The predicted molar refractivity (Wildman–Crippen MR) is 114 cm³/mol. The molecule has 1 N–H and O–H groups in total. The fraction of sp³-hybridized carbons (Fsp3) is 0.409. The maximum absolute atomic E-state index is 5.84. The number of ether oxygens (including phenoxy) is 2. The van der Waals surface area contributed by atoms with Crippen LogP contribution in [-0.2, 0) is 11.3 Å². The Bertz CT molecular complexity index is 742. The van der Waals surface area contributed by atoms with E-state index in [9.17, 15) is 0 Å². The van der Waals surface area contributed by atoms with Crippen LogP contribution in [0.2, 0.25) is 0 Å². The maximum Gasteiger partial charge on any atom is 0.173 e. The zero-order valence-corrected chi connectivity index (χ0v) is 16.9. The molecule has 144 valence electrons. The summed E-state index contributed by atoms with van der Waals surface area (Å²) >= 11 is 5.74. The van der Waals surface area contributed by atoms with Crippen LogP contribution in [-0.4, -0.2) is 35.9 Å². The van der Waals surface area contributed by atoms with Crippen molar-refractivity contribution < 1.29 is 9.47 Å². The summed E-state index contributed by atoms with van der Waals surface area (Å²) < 4.78 is 11.3. The second kappa shape index (κ2) is 9.72. The van der Waals surface area contributed by atoms with Crippen LogP contribution in [0.25, 0.3) is 0 Å². The number of rotatable bonds is 7. The minimum absolute atomic E-state index is 0.245. The van der Waals surface area contributed by atoms with Crippen molar-refractivity contribution in [3.63, 3.8) is 0 Å². The number of benzene rings is 2. The molecule has 1 saturated heterocycles. The van der Waals surface area contributed by atoms with Gasteiger partial charge in [0.2, 0.25) is 0 Å². The Kier molecular flexibility index (Phi) is 7.07. The molecule has 1 aliphatic heterocycles. The van der Waals surface area contributed by atoms with Crippen molar-refractivity contribution in [2.45, 2.75) is 39.3 Å². The van der Waals surface area contributed by atoms with Crippen LogP contribution >= 0.6 is 12.2 Å². The van der Waals surface area contributed by atoms with Crippen molar-refractivity contribution in [2.24, 2.45) is 0 Å². The summed E-state index contributed by atoms with van der Waals surface area (Å²) in [7, 11) is 0. The van der Waals surface area contributed by atoms with Crippen LogP contribution in [0.15, 0.2) is 48.5 Å². The van der Waals surface area contributed by atoms with Crippen LogP contribution in [0.5, 0.6) is 5.75 Å². The highest BCUT2D eigenvalue weighted by atomic mass is 32.1. The zero-order chi connectivity index (χ0) is 19.1. The van der Waals surface area contributed by atoms with Crippen LogP contribution in [0.4, 0.5) is 5.69 Å². The quantitative estimate of drug-likeness (QED) is 0.696. The molecule has 1 aliphatic rings. The van der Waals surface area contributed by atoms with Gasteiger partial charge in [0.1, 0.15) is 5.75 Å². The topological polar surface area (TPSA) is 33.7 Å². The minimum Gasteiger partial charge on any atom is -0.494 e. The van der Waals surface area contributed by atoms with Gasteiger partial charge < -0.3 is 19.7 Å². The number of thiocarbonyl (C=S) groups is 1. The van der Waals surface area contributed by atoms with Gasteiger partial charge >= 0.3 is 0 Å². The Labute approximate surface area is 167 Å². The van der Waals surface area contributed by atoms with Crippen molar-refractivity contribution in [2.75, 3.05) is 25.1 Å². The molecule has 4 nitrogen and oxygen atoms in total. The summed E-state index contributed by atoms with van der Waals surface area (Å²) in [5, 5.41) is 4.09. The zero-order valence-electron chi connectivity index (χ0n) is 16.1. The molecule has 0 radical (unpaired) electrons. The van der Waals surface area contributed by atoms with Gasteiger partial charge in [-0.1, -0.05) is 29.8 Å². The van der Waals surface area contributed by atoms with Gasteiger partial charge in [-0.05, 0) is 68.7 Å². The van der Waals surface area contributed by atoms with Crippen LogP contribution in [0, 0.1) is 6.92 Å². The Morgan fingerprint density at radius 3 is 2.74 bits per heavy atom. The second-order valence-corrected chi connectivity index (χ2v) is 7.28. The van der Waals surface area contributed by atoms with Crippen LogP contribution in [0.1, 0.15) is 30.9 Å². The molecule has 2 aromatic rings. The Hall–Kier alpha value is -2.11. The van der Waals surface area contributed by atoms with E-state index < -0.39 is 0 Å². The number of hydrogen-bond acceptors (Lipinski definition) is 3. The van der Waals surface area contributed by atoms with E-state index in [0.29, 0.717) is 6.61 Å². The largest absolute Gasteiger partial charge is 0.494 e. The lowest BCUT2D eigenvalue weighted by Crippen LogP contribution is -2.39. The lowest BCUT2D eigenvalue weighted by atomic mass is 10.1. The third-order valence-electron chi connectivity index (χ3n) is 4.61. The standard InChI is InChI=1S/C22H28N2O2S/c1-3-25-20-11-9-19(10-12-20)23-22(27)24(16-21-8-5-13-26-21)15-18-7-4-6-17(2)14-18/h4,6-7,9-12,14,21H,3,5,8,13,15-16H2,1-2H3,(H,23,27). The molecule has 0 spiro atoms. The predicted octanol–water partition coefficient (Wildman–Crippen LogP) is 4.77. The molecule has 0 aromatic heterocycles. The first-order valence-corrected chi connectivity index (χ1v) is 10.0. The van der Waals surface area contributed by atoms with E-state index in [1.165, 1.54) is 11.1 Å². The fourth-order valence-corrected chi connectivity index (χ4v) is 3.54. The van der Waals surface area contributed by atoms with Crippen molar-refractivity contribution >= 4 is 23.0 Å². The van der Waals surface area contributed by atoms with E-state index in [1.807, 2.05) is 31.2 Å². The lowest BCUT2D eigenvalue weighted by Gasteiger charge is -2.28. The lowest BCUT2D eigenvalue weighted by molar-refractivity contribution is 0.0905. The van der Waals surface area contributed by atoms with Gasteiger partial charge in [0.25, 0.3) is 0 Å². The average molecular weight is 385 g/mol. The normalized spacial score (nSPS) is 16.1. The molecule has 0 aliphatic carbocycles. The minimum atomic E-state index is 0.245. The van der Waals surface area contributed by atoms with Gasteiger partial charge in [-0.25, -0.2) is 0 Å². The highest BCUT2D eigenvalue weighted by Gasteiger charge is 2.21. The van der Waals surface area contributed by atoms with Gasteiger partial charge in [0, 0.05) is 25.4 Å². The summed E-state index contributed by atoms with van der Waals surface area (Å²) in [6.45, 7) is 7.18. The van der Waals surface area contributed by atoms with Crippen molar-refractivity contribution in [3.8, 4) is 5.75 Å². The summed E-state index contributed by atoms with van der Waals surface area (Å²) in [4.78, 5) is 2.20. The Morgan fingerprint density at radius 1 is 1.26 bits per heavy atom. The second-order valence-electron chi connectivity index (χ2n) is 6.89. The molecule has 3 rings (SSSR count). The molecule has 0 saturated carbocycles. The molecule has 0 bridgehead atoms. The molecular formula is C22H28N2O2S. The first-order valence-electron chi connectivity index (χ1n) is 9.60. The number of hydrogen-bond donors (Lipinski definition) is 1. The molecule has 2 aromatic carbocycles. The molecule has 27 heavy (non-hydrogen) atoms. The van der Waals surface area contributed by atoms with E-state index >= 15 is 0 Å². The highest BCUT2D eigenvalue weighted by Crippen LogP contribution is 2.19. The molecule has 5 heteroatoms. The van der Waals surface area contributed by atoms with E-state index in [-0.39, 0.29) is 6.10 Å². The molecule has 1 atom stereocenters. The maximum atomic E-state index is 5.84. The number of nitrogens with one attached hydrogen (secondary N) is 1. The van der Waals surface area contributed by atoms with Gasteiger partial charge in [-0.2, -0.15) is 0 Å². The van der Waals surface area contributed by atoms with Crippen molar-refractivity contribution in [1.29, 1.82) is 0 Å². The summed E-state index contributed by atoms with van der Waals surface area (Å²) in [5.41, 5.74) is 3.48. The van der Waals surface area contributed by atoms with Crippen LogP contribution < -0.4 is 10.1 Å². The number of nitrogens with zero attached hydrogens (tertiary/aromatic N) is 1. The smallest absolute Gasteiger partial charge is 0.173 e. The van der Waals surface area contributed by atoms with E-state index in [1.54, 1.807) is 0 Å².